The zero-order valence-electron chi connectivity index (χ0n) is 11.2. The summed E-state index contributed by atoms with van der Waals surface area (Å²) in [6, 6.07) is 0.375. The van der Waals surface area contributed by atoms with E-state index in [0.29, 0.717) is 6.04 Å². The Morgan fingerprint density at radius 3 is 2.78 bits per heavy atom. The first-order valence-electron chi connectivity index (χ1n) is 7.14. The SMILES string of the molecule is C=CCN1CCC(NC(=O)C2CCCNC2)CC1. The number of piperidine rings is 2. The lowest BCUT2D eigenvalue weighted by Gasteiger charge is -2.33. The van der Waals surface area contributed by atoms with E-state index in [1.165, 1.54) is 0 Å². The molecule has 2 N–H and O–H groups in total. The van der Waals surface area contributed by atoms with Gasteiger partial charge in [-0.2, -0.15) is 0 Å². The summed E-state index contributed by atoms with van der Waals surface area (Å²) in [7, 11) is 0. The van der Waals surface area contributed by atoms with E-state index in [-0.39, 0.29) is 11.8 Å². The molecule has 102 valence electrons. The summed E-state index contributed by atoms with van der Waals surface area (Å²) in [5, 5.41) is 6.52. The number of likely N-dealkylation sites (tertiary alicyclic amines) is 1. The molecule has 2 fully saturated rings. The van der Waals surface area contributed by atoms with E-state index in [0.717, 1.165) is 58.4 Å². The third-order valence-electron chi connectivity index (χ3n) is 3.99. The van der Waals surface area contributed by atoms with E-state index < -0.39 is 0 Å². The number of nitrogens with one attached hydrogen (secondary N) is 2. The number of rotatable bonds is 4. The molecular weight excluding hydrogens is 226 g/mol. The molecule has 2 aliphatic heterocycles. The van der Waals surface area contributed by atoms with Crippen LogP contribution >= 0.6 is 0 Å². The average molecular weight is 251 g/mol. The van der Waals surface area contributed by atoms with Gasteiger partial charge in [0.25, 0.3) is 0 Å². The van der Waals surface area contributed by atoms with E-state index in [2.05, 4.69) is 22.1 Å². The van der Waals surface area contributed by atoms with Crippen molar-refractivity contribution in [3.63, 3.8) is 0 Å². The van der Waals surface area contributed by atoms with Crippen molar-refractivity contribution in [2.24, 2.45) is 5.92 Å². The highest BCUT2D eigenvalue weighted by Crippen LogP contribution is 2.14. The highest BCUT2D eigenvalue weighted by Gasteiger charge is 2.25. The smallest absolute Gasteiger partial charge is 0.224 e. The number of carbonyl (C=O) groups is 1. The molecule has 2 rings (SSSR count). The minimum atomic E-state index is 0.185. The Bertz CT molecular complexity index is 279. The molecule has 1 amide bonds. The van der Waals surface area contributed by atoms with Gasteiger partial charge in [0.2, 0.25) is 5.91 Å². The van der Waals surface area contributed by atoms with Gasteiger partial charge in [0, 0.05) is 32.2 Å². The topological polar surface area (TPSA) is 44.4 Å². The summed E-state index contributed by atoms with van der Waals surface area (Å²) in [5.41, 5.74) is 0. The number of hydrogen-bond donors (Lipinski definition) is 2. The Balaban J connectivity index is 1.70. The Labute approximate surface area is 110 Å². The van der Waals surface area contributed by atoms with Crippen molar-refractivity contribution in [3.05, 3.63) is 12.7 Å². The van der Waals surface area contributed by atoms with Crippen LogP contribution in [-0.2, 0) is 4.79 Å². The van der Waals surface area contributed by atoms with Gasteiger partial charge >= 0.3 is 0 Å². The molecule has 0 aromatic carbocycles. The van der Waals surface area contributed by atoms with Gasteiger partial charge in [0.15, 0.2) is 0 Å². The summed E-state index contributed by atoms with van der Waals surface area (Å²) in [6.07, 6.45) is 6.25. The number of carbonyl (C=O) groups excluding carboxylic acids is 1. The van der Waals surface area contributed by atoms with Crippen molar-refractivity contribution in [1.82, 2.24) is 15.5 Å². The van der Waals surface area contributed by atoms with Crippen LogP contribution in [0.25, 0.3) is 0 Å². The van der Waals surface area contributed by atoms with Crippen molar-refractivity contribution in [2.45, 2.75) is 31.7 Å². The van der Waals surface area contributed by atoms with Gasteiger partial charge in [0.05, 0.1) is 5.92 Å². The summed E-state index contributed by atoms with van der Waals surface area (Å²) in [5.74, 6) is 0.439. The second kappa shape index (κ2) is 6.90. The molecular formula is C14H25N3O. The van der Waals surface area contributed by atoms with Crippen LogP contribution in [0.4, 0.5) is 0 Å². The second-order valence-electron chi connectivity index (χ2n) is 5.42. The number of hydrogen-bond acceptors (Lipinski definition) is 3. The molecule has 0 spiro atoms. The minimum Gasteiger partial charge on any atom is -0.353 e. The molecule has 0 saturated carbocycles. The lowest BCUT2D eigenvalue weighted by Crippen LogP contribution is -2.48. The quantitative estimate of drug-likeness (QED) is 0.725. The second-order valence-corrected chi connectivity index (χ2v) is 5.42. The molecule has 18 heavy (non-hydrogen) atoms. The molecule has 0 aliphatic carbocycles. The zero-order chi connectivity index (χ0) is 12.8. The van der Waals surface area contributed by atoms with Crippen LogP contribution in [0.1, 0.15) is 25.7 Å². The standard InChI is InChI=1S/C14H25N3O/c1-2-8-17-9-5-13(6-10-17)16-14(18)12-4-3-7-15-11-12/h2,12-13,15H,1,3-11H2,(H,16,18). The van der Waals surface area contributed by atoms with E-state index >= 15 is 0 Å². The Morgan fingerprint density at radius 1 is 1.39 bits per heavy atom. The molecule has 2 saturated heterocycles. The summed E-state index contributed by atoms with van der Waals surface area (Å²) >= 11 is 0. The summed E-state index contributed by atoms with van der Waals surface area (Å²) in [6.45, 7) is 8.78. The zero-order valence-corrected chi connectivity index (χ0v) is 11.2. The first-order chi connectivity index (χ1) is 8.79. The number of nitrogens with zero attached hydrogens (tertiary/aromatic N) is 1. The van der Waals surface area contributed by atoms with Crippen LogP contribution < -0.4 is 10.6 Å². The molecule has 0 radical (unpaired) electrons. The predicted molar refractivity (Wildman–Crippen MR) is 73.4 cm³/mol. The van der Waals surface area contributed by atoms with Gasteiger partial charge in [-0.1, -0.05) is 6.08 Å². The van der Waals surface area contributed by atoms with Crippen LogP contribution in [0.2, 0.25) is 0 Å². The highest BCUT2D eigenvalue weighted by molar-refractivity contribution is 5.79. The number of amides is 1. The van der Waals surface area contributed by atoms with Crippen LogP contribution in [-0.4, -0.2) is 49.6 Å². The van der Waals surface area contributed by atoms with E-state index in [1.54, 1.807) is 0 Å². The lowest BCUT2D eigenvalue weighted by molar-refractivity contribution is -0.126. The Morgan fingerprint density at radius 2 is 2.17 bits per heavy atom. The molecule has 4 nitrogen and oxygen atoms in total. The largest absolute Gasteiger partial charge is 0.353 e. The molecule has 2 heterocycles. The molecule has 0 bridgehead atoms. The summed E-state index contributed by atoms with van der Waals surface area (Å²) in [4.78, 5) is 14.5. The maximum atomic E-state index is 12.1. The van der Waals surface area contributed by atoms with Crippen molar-refractivity contribution in [1.29, 1.82) is 0 Å². The molecule has 1 unspecified atom stereocenters. The van der Waals surface area contributed by atoms with Gasteiger partial charge in [-0.3, -0.25) is 9.69 Å². The molecule has 1 atom stereocenters. The van der Waals surface area contributed by atoms with Crippen LogP contribution in [0.15, 0.2) is 12.7 Å². The molecule has 2 aliphatic rings. The first-order valence-corrected chi connectivity index (χ1v) is 7.14. The van der Waals surface area contributed by atoms with Crippen LogP contribution in [0, 0.1) is 5.92 Å². The van der Waals surface area contributed by atoms with Gasteiger partial charge < -0.3 is 10.6 Å². The molecule has 0 aromatic rings. The fraction of sp³-hybridized carbons (Fsp3) is 0.786. The molecule has 4 heteroatoms. The monoisotopic (exact) mass is 251 g/mol. The van der Waals surface area contributed by atoms with Crippen molar-refractivity contribution in [2.75, 3.05) is 32.7 Å². The normalized spacial score (nSPS) is 26.8. The van der Waals surface area contributed by atoms with Gasteiger partial charge in [-0.25, -0.2) is 0 Å². The fourth-order valence-electron chi connectivity index (χ4n) is 2.84. The minimum absolute atomic E-state index is 0.185. The fourth-order valence-corrected chi connectivity index (χ4v) is 2.84. The Hall–Kier alpha value is -0.870. The van der Waals surface area contributed by atoms with E-state index in [4.69, 9.17) is 0 Å². The van der Waals surface area contributed by atoms with Crippen LogP contribution in [0.3, 0.4) is 0 Å². The van der Waals surface area contributed by atoms with E-state index in [9.17, 15) is 4.79 Å². The van der Waals surface area contributed by atoms with Crippen LogP contribution in [0.5, 0.6) is 0 Å². The third-order valence-corrected chi connectivity index (χ3v) is 3.99. The maximum absolute atomic E-state index is 12.1. The average Bonchev–Trinajstić information content (AvgIpc) is 2.42. The lowest BCUT2D eigenvalue weighted by atomic mass is 9.97. The van der Waals surface area contributed by atoms with E-state index in [1.807, 2.05) is 6.08 Å². The van der Waals surface area contributed by atoms with Gasteiger partial charge in [-0.05, 0) is 32.2 Å². The predicted octanol–water partition coefficient (Wildman–Crippen LogP) is 0.753. The Kier molecular flexibility index (Phi) is 5.20. The van der Waals surface area contributed by atoms with Gasteiger partial charge in [-0.15, -0.1) is 6.58 Å². The third kappa shape index (κ3) is 3.82. The van der Waals surface area contributed by atoms with Crippen molar-refractivity contribution in [3.8, 4) is 0 Å². The maximum Gasteiger partial charge on any atom is 0.224 e. The first kappa shape index (κ1) is 13.6. The highest BCUT2D eigenvalue weighted by atomic mass is 16.2. The summed E-state index contributed by atoms with van der Waals surface area (Å²) < 4.78 is 0. The van der Waals surface area contributed by atoms with Crippen molar-refractivity contribution < 1.29 is 4.79 Å². The van der Waals surface area contributed by atoms with Crippen molar-refractivity contribution >= 4 is 5.91 Å². The van der Waals surface area contributed by atoms with Gasteiger partial charge in [0.1, 0.15) is 0 Å². The molecule has 0 aromatic heterocycles.